The predicted octanol–water partition coefficient (Wildman–Crippen LogP) is 2.14. The predicted molar refractivity (Wildman–Crippen MR) is 60.7 cm³/mol. The summed E-state index contributed by atoms with van der Waals surface area (Å²) in [4.78, 5) is 4.20. The zero-order valence-electron chi connectivity index (χ0n) is 8.67. The summed E-state index contributed by atoms with van der Waals surface area (Å²) in [7, 11) is 1.90. The van der Waals surface area contributed by atoms with E-state index in [0.717, 1.165) is 16.6 Å². The number of aryl methyl sites for hydroxylation is 1. The molecule has 1 N–H and O–H groups in total. The number of hydrogen-bond donors (Lipinski definition) is 1. The summed E-state index contributed by atoms with van der Waals surface area (Å²) < 4.78 is 6.52. The van der Waals surface area contributed by atoms with Crippen molar-refractivity contribution in [1.82, 2.24) is 10.3 Å². The lowest BCUT2D eigenvalue weighted by Crippen LogP contribution is -2.26. The molecule has 0 aliphatic rings. The van der Waals surface area contributed by atoms with Crippen LogP contribution in [0, 0.1) is 6.92 Å². The molecule has 4 heteroatoms. The molecule has 0 aliphatic heterocycles. The third-order valence-electron chi connectivity index (χ3n) is 1.75. The Kier molecular flexibility index (Phi) is 4.35. The van der Waals surface area contributed by atoms with Gasteiger partial charge in [-0.05, 0) is 48.5 Å². The number of nitrogens with zero attached hydrogens (tertiary/aromatic N) is 1. The fourth-order valence-electron chi connectivity index (χ4n) is 1.13. The van der Waals surface area contributed by atoms with Crippen LogP contribution in [-0.4, -0.2) is 24.7 Å². The molecule has 1 unspecified atom stereocenters. The Labute approximate surface area is 93.0 Å². The Morgan fingerprint density at radius 3 is 2.93 bits per heavy atom. The minimum Gasteiger partial charge on any atom is -0.472 e. The van der Waals surface area contributed by atoms with E-state index in [1.165, 1.54) is 0 Å². The fourth-order valence-corrected chi connectivity index (χ4v) is 1.68. The molecule has 0 aromatic carbocycles. The van der Waals surface area contributed by atoms with Gasteiger partial charge in [0.25, 0.3) is 0 Å². The molecule has 0 bridgehead atoms. The monoisotopic (exact) mass is 258 g/mol. The lowest BCUT2D eigenvalue weighted by atomic mass is 10.3. The van der Waals surface area contributed by atoms with E-state index in [4.69, 9.17) is 4.74 Å². The highest BCUT2D eigenvalue weighted by Crippen LogP contribution is 2.23. The third-order valence-corrected chi connectivity index (χ3v) is 2.32. The fraction of sp³-hybridized carbons (Fsp3) is 0.500. The summed E-state index contributed by atoms with van der Waals surface area (Å²) in [5, 5.41) is 3.05. The maximum atomic E-state index is 5.62. The normalized spacial score (nSPS) is 12.6. The molecule has 1 aromatic rings. The second-order valence-electron chi connectivity index (χ2n) is 3.29. The molecule has 14 heavy (non-hydrogen) atoms. The summed E-state index contributed by atoms with van der Waals surface area (Å²) >= 11 is 3.42. The first-order chi connectivity index (χ1) is 6.63. The second kappa shape index (κ2) is 5.32. The van der Waals surface area contributed by atoms with Crippen LogP contribution in [0.3, 0.4) is 0 Å². The lowest BCUT2D eigenvalue weighted by molar-refractivity contribution is 0.210. The van der Waals surface area contributed by atoms with Crippen LogP contribution in [0.5, 0.6) is 5.88 Å². The highest BCUT2D eigenvalue weighted by Gasteiger charge is 2.07. The Balaban J connectivity index is 2.67. The van der Waals surface area contributed by atoms with Crippen LogP contribution in [0.1, 0.15) is 12.5 Å². The van der Waals surface area contributed by atoms with Gasteiger partial charge in [0.1, 0.15) is 6.10 Å². The molecule has 1 heterocycles. The largest absolute Gasteiger partial charge is 0.472 e. The quantitative estimate of drug-likeness (QED) is 0.899. The molecule has 0 spiro atoms. The maximum Gasteiger partial charge on any atom is 0.228 e. The first-order valence-corrected chi connectivity index (χ1v) is 5.36. The SMILES string of the molecule is CNCC(C)Oc1ncc(C)cc1Br. The van der Waals surface area contributed by atoms with Crippen LogP contribution in [0.4, 0.5) is 0 Å². The van der Waals surface area contributed by atoms with Crippen LogP contribution in [-0.2, 0) is 0 Å². The van der Waals surface area contributed by atoms with Gasteiger partial charge in [0.05, 0.1) is 4.47 Å². The van der Waals surface area contributed by atoms with Crippen LogP contribution in [0.25, 0.3) is 0 Å². The first-order valence-electron chi connectivity index (χ1n) is 4.57. The van der Waals surface area contributed by atoms with Gasteiger partial charge in [0.15, 0.2) is 0 Å². The third kappa shape index (κ3) is 3.27. The van der Waals surface area contributed by atoms with Crippen molar-refractivity contribution in [3.63, 3.8) is 0 Å². The van der Waals surface area contributed by atoms with Crippen molar-refractivity contribution >= 4 is 15.9 Å². The molecule has 3 nitrogen and oxygen atoms in total. The molecular weight excluding hydrogens is 244 g/mol. The molecule has 0 amide bonds. The number of rotatable bonds is 4. The van der Waals surface area contributed by atoms with E-state index in [1.807, 2.05) is 27.0 Å². The number of hydrogen-bond acceptors (Lipinski definition) is 3. The number of nitrogens with one attached hydrogen (secondary N) is 1. The molecule has 1 aromatic heterocycles. The van der Waals surface area contributed by atoms with Crippen LogP contribution in [0.2, 0.25) is 0 Å². The smallest absolute Gasteiger partial charge is 0.228 e. The number of ether oxygens (including phenoxy) is 1. The van der Waals surface area contributed by atoms with Crippen LogP contribution < -0.4 is 10.1 Å². The van der Waals surface area contributed by atoms with Gasteiger partial charge in [-0.25, -0.2) is 4.98 Å². The van der Waals surface area contributed by atoms with Gasteiger partial charge < -0.3 is 10.1 Å². The molecular formula is C10H15BrN2O. The molecule has 0 aliphatic carbocycles. The minimum atomic E-state index is 0.117. The molecule has 0 radical (unpaired) electrons. The van der Waals surface area contributed by atoms with Crippen molar-refractivity contribution in [1.29, 1.82) is 0 Å². The van der Waals surface area contributed by atoms with Crippen molar-refractivity contribution in [2.24, 2.45) is 0 Å². The summed E-state index contributed by atoms with van der Waals surface area (Å²) in [5.74, 6) is 0.651. The molecule has 0 fully saturated rings. The Morgan fingerprint density at radius 1 is 1.64 bits per heavy atom. The van der Waals surface area contributed by atoms with E-state index in [0.29, 0.717) is 5.88 Å². The summed E-state index contributed by atoms with van der Waals surface area (Å²) in [6.07, 6.45) is 1.91. The maximum absolute atomic E-state index is 5.62. The number of halogens is 1. The molecule has 78 valence electrons. The van der Waals surface area contributed by atoms with Crippen molar-refractivity contribution < 1.29 is 4.74 Å². The summed E-state index contributed by atoms with van der Waals surface area (Å²) in [6.45, 7) is 4.81. The zero-order chi connectivity index (χ0) is 10.6. The second-order valence-corrected chi connectivity index (χ2v) is 4.14. The van der Waals surface area contributed by atoms with Crippen LogP contribution in [0.15, 0.2) is 16.7 Å². The van der Waals surface area contributed by atoms with Gasteiger partial charge in [0, 0.05) is 12.7 Å². The minimum absolute atomic E-state index is 0.117. The number of likely N-dealkylation sites (N-methyl/N-ethyl adjacent to an activating group) is 1. The molecule has 1 atom stereocenters. The van der Waals surface area contributed by atoms with Crippen molar-refractivity contribution in [3.8, 4) is 5.88 Å². The van der Waals surface area contributed by atoms with Gasteiger partial charge in [0.2, 0.25) is 5.88 Å². The topological polar surface area (TPSA) is 34.1 Å². The van der Waals surface area contributed by atoms with Gasteiger partial charge in [-0.1, -0.05) is 0 Å². The lowest BCUT2D eigenvalue weighted by Gasteiger charge is -2.14. The Bertz CT molecular complexity index is 304. The average Bonchev–Trinajstić information content (AvgIpc) is 2.10. The van der Waals surface area contributed by atoms with Crippen molar-refractivity contribution in [2.45, 2.75) is 20.0 Å². The van der Waals surface area contributed by atoms with E-state index in [1.54, 1.807) is 6.20 Å². The number of aromatic nitrogens is 1. The van der Waals surface area contributed by atoms with Crippen molar-refractivity contribution in [2.75, 3.05) is 13.6 Å². The van der Waals surface area contributed by atoms with Gasteiger partial charge in [-0.15, -0.1) is 0 Å². The highest BCUT2D eigenvalue weighted by atomic mass is 79.9. The summed E-state index contributed by atoms with van der Waals surface area (Å²) in [5.41, 5.74) is 1.12. The van der Waals surface area contributed by atoms with E-state index in [-0.39, 0.29) is 6.10 Å². The van der Waals surface area contributed by atoms with E-state index in [2.05, 4.69) is 26.2 Å². The zero-order valence-corrected chi connectivity index (χ0v) is 10.3. The van der Waals surface area contributed by atoms with E-state index in [9.17, 15) is 0 Å². The molecule has 0 saturated carbocycles. The van der Waals surface area contributed by atoms with Gasteiger partial charge in [-0.2, -0.15) is 0 Å². The van der Waals surface area contributed by atoms with Gasteiger partial charge in [-0.3, -0.25) is 0 Å². The van der Waals surface area contributed by atoms with Gasteiger partial charge >= 0.3 is 0 Å². The molecule has 0 saturated heterocycles. The standard InChI is InChI=1S/C10H15BrN2O/c1-7-4-9(11)10(13-5-7)14-8(2)6-12-3/h4-5,8,12H,6H2,1-3H3. The Hall–Kier alpha value is -0.610. The molecule has 1 rings (SSSR count). The number of pyridine rings is 1. The van der Waals surface area contributed by atoms with E-state index >= 15 is 0 Å². The summed E-state index contributed by atoms with van der Waals surface area (Å²) in [6, 6.07) is 1.99. The van der Waals surface area contributed by atoms with Crippen LogP contribution >= 0.6 is 15.9 Å². The average molecular weight is 259 g/mol. The first kappa shape index (κ1) is 11.5. The van der Waals surface area contributed by atoms with E-state index < -0.39 is 0 Å². The van der Waals surface area contributed by atoms with Crippen molar-refractivity contribution in [3.05, 3.63) is 22.3 Å². The highest BCUT2D eigenvalue weighted by molar-refractivity contribution is 9.10. The Morgan fingerprint density at radius 2 is 2.36 bits per heavy atom.